The van der Waals surface area contributed by atoms with Crippen LogP contribution in [-0.2, 0) is 14.9 Å². The normalized spacial score (nSPS) is 14.7. The third kappa shape index (κ3) is 3.65. The van der Waals surface area contributed by atoms with Crippen molar-refractivity contribution >= 4 is 40.8 Å². The SMILES string of the molecule is CCOC(=O)C1(c2ccc(NC(=O)c3ccc(Cl)cc3Cl)cc2)CC1. The van der Waals surface area contributed by atoms with E-state index < -0.39 is 5.41 Å². The number of rotatable bonds is 5. The highest BCUT2D eigenvalue weighted by Crippen LogP contribution is 2.49. The van der Waals surface area contributed by atoms with Crippen molar-refractivity contribution in [2.45, 2.75) is 25.2 Å². The van der Waals surface area contributed by atoms with Crippen LogP contribution in [0.4, 0.5) is 5.69 Å². The minimum atomic E-state index is -0.516. The van der Waals surface area contributed by atoms with E-state index in [2.05, 4.69) is 5.32 Å². The van der Waals surface area contributed by atoms with E-state index in [1.165, 1.54) is 6.07 Å². The molecule has 1 aliphatic carbocycles. The number of anilines is 1. The predicted octanol–water partition coefficient (Wildman–Crippen LogP) is 4.84. The zero-order valence-corrected chi connectivity index (χ0v) is 15.2. The lowest BCUT2D eigenvalue weighted by Crippen LogP contribution is -2.23. The van der Waals surface area contributed by atoms with E-state index in [4.69, 9.17) is 27.9 Å². The van der Waals surface area contributed by atoms with E-state index in [0.717, 1.165) is 18.4 Å². The quantitative estimate of drug-likeness (QED) is 0.758. The van der Waals surface area contributed by atoms with Gasteiger partial charge in [-0.15, -0.1) is 0 Å². The highest BCUT2D eigenvalue weighted by Gasteiger charge is 2.52. The number of amides is 1. The van der Waals surface area contributed by atoms with Crippen LogP contribution in [0.25, 0.3) is 0 Å². The zero-order valence-electron chi connectivity index (χ0n) is 13.6. The molecule has 0 heterocycles. The molecule has 0 spiro atoms. The number of carbonyl (C=O) groups is 2. The second-order valence-corrected chi connectivity index (χ2v) is 6.80. The zero-order chi connectivity index (χ0) is 18.0. The van der Waals surface area contributed by atoms with Crippen LogP contribution in [0, 0.1) is 0 Å². The summed E-state index contributed by atoms with van der Waals surface area (Å²) in [6.45, 7) is 2.17. The predicted molar refractivity (Wildman–Crippen MR) is 98.4 cm³/mol. The molecule has 0 aliphatic heterocycles. The maximum atomic E-state index is 12.3. The van der Waals surface area contributed by atoms with Gasteiger partial charge in [0.2, 0.25) is 0 Å². The van der Waals surface area contributed by atoms with Gasteiger partial charge in [0.1, 0.15) is 0 Å². The summed E-state index contributed by atoms with van der Waals surface area (Å²) in [7, 11) is 0. The Morgan fingerprint density at radius 2 is 1.80 bits per heavy atom. The lowest BCUT2D eigenvalue weighted by atomic mass is 9.96. The average molecular weight is 378 g/mol. The van der Waals surface area contributed by atoms with Crippen molar-refractivity contribution in [3.8, 4) is 0 Å². The number of benzene rings is 2. The standard InChI is InChI=1S/C19H17Cl2NO3/c1-2-25-18(24)19(9-10-19)12-3-6-14(7-4-12)22-17(23)15-8-5-13(20)11-16(15)21/h3-8,11H,2,9-10H2,1H3,(H,22,23). The minimum absolute atomic E-state index is 0.181. The first-order valence-corrected chi connectivity index (χ1v) is 8.76. The van der Waals surface area contributed by atoms with Gasteiger partial charge in [-0.3, -0.25) is 9.59 Å². The monoisotopic (exact) mass is 377 g/mol. The third-order valence-electron chi connectivity index (χ3n) is 4.29. The van der Waals surface area contributed by atoms with Crippen molar-refractivity contribution in [1.29, 1.82) is 0 Å². The van der Waals surface area contributed by atoms with Crippen molar-refractivity contribution in [3.63, 3.8) is 0 Å². The van der Waals surface area contributed by atoms with Gasteiger partial charge < -0.3 is 10.1 Å². The van der Waals surface area contributed by atoms with Gasteiger partial charge in [0, 0.05) is 10.7 Å². The van der Waals surface area contributed by atoms with Crippen LogP contribution < -0.4 is 5.32 Å². The minimum Gasteiger partial charge on any atom is -0.465 e. The summed E-state index contributed by atoms with van der Waals surface area (Å²) in [6, 6.07) is 12.0. The first-order chi connectivity index (χ1) is 12.0. The van der Waals surface area contributed by atoms with Crippen LogP contribution in [0.1, 0.15) is 35.7 Å². The molecule has 25 heavy (non-hydrogen) atoms. The first kappa shape index (κ1) is 17.8. The molecule has 0 radical (unpaired) electrons. The van der Waals surface area contributed by atoms with E-state index in [0.29, 0.717) is 27.9 Å². The molecule has 4 nitrogen and oxygen atoms in total. The van der Waals surface area contributed by atoms with E-state index in [9.17, 15) is 9.59 Å². The Hall–Kier alpha value is -2.04. The van der Waals surface area contributed by atoms with E-state index >= 15 is 0 Å². The summed E-state index contributed by atoms with van der Waals surface area (Å²) in [5, 5.41) is 3.55. The molecule has 1 fully saturated rings. The summed E-state index contributed by atoms with van der Waals surface area (Å²) in [6.07, 6.45) is 1.58. The lowest BCUT2D eigenvalue weighted by molar-refractivity contribution is -0.146. The molecule has 0 atom stereocenters. The van der Waals surface area contributed by atoms with Crippen molar-refractivity contribution < 1.29 is 14.3 Å². The highest BCUT2D eigenvalue weighted by molar-refractivity contribution is 6.37. The number of hydrogen-bond acceptors (Lipinski definition) is 3. The average Bonchev–Trinajstić information content (AvgIpc) is 3.37. The molecule has 6 heteroatoms. The van der Waals surface area contributed by atoms with Gasteiger partial charge in [0.25, 0.3) is 5.91 Å². The van der Waals surface area contributed by atoms with Gasteiger partial charge in [-0.05, 0) is 55.7 Å². The van der Waals surface area contributed by atoms with Gasteiger partial charge in [0.15, 0.2) is 0 Å². The Labute approximate surface area is 156 Å². The maximum Gasteiger partial charge on any atom is 0.316 e. The van der Waals surface area contributed by atoms with Crippen molar-refractivity contribution in [2.75, 3.05) is 11.9 Å². The molecule has 0 aromatic heterocycles. The van der Waals surface area contributed by atoms with Gasteiger partial charge >= 0.3 is 5.97 Å². The molecule has 0 saturated heterocycles. The van der Waals surface area contributed by atoms with Crippen LogP contribution in [0.2, 0.25) is 10.0 Å². The molecule has 3 rings (SSSR count). The highest BCUT2D eigenvalue weighted by atomic mass is 35.5. The fourth-order valence-electron chi connectivity index (χ4n) is 2.75. The number of esters is 1. The Morgan fingerprint density at radius 3 is 2.36 bits per heavy atom. The largest absolute Gasteiger partial charge is 0.465 e. The molecule has 1 N–H and O–H groups in total. The molecule has 2 aromatic carbocycles. The molecular weight excluding hydrogens is 361 g/mol. The fraction of sp³-hybridized carbons (Fsp3) is 0.263. The fourth-order valence-corrected chi connectivity index (χ4v) is 3.24. The number of hydrogen-bond donors (Lipinski definition) is 1. The summed E-state index contributed by atoms with van der Waals surface area (Å²) in [4.78, 5) is 24.4. The van der Waals surface area contributed by atoms with E-state index in [1.54, 1.807) is 31.2 Å². The third-order valence-corrected chi connectivity index (χ3v) is 4.84. The Morgan fingerprint density at radius 1 is 1.12 bits per heavy atom. The summed E-state index contributed by atoms with van der Waals surface area (Å²) >= 11 is 11.9. The van der Waals surface area contributed by atoms with Crippen LogP contribution >= 0.6 is 23.2 Å². The number of halogens is 2. The second-order valence-electron chi connectivity index (χ2n) is 5.96. The maximum absolute atomic E-state index is 12.3. The number of carbonyl (C=O) groups excluding carboxylic acids is 2. The molecule has 130 valence electrons. The Balaban J connectivity index is 1.73. The van der Waals surface area contributed by atoms with E-state index in [-0.39, 0.29) is 11.9 Å². The van der Waals surface area contributed by atoms with Crippen LogP contribution in [0.15, 0.2) is 42.5 Å². The topological polar surface area (TPSA) is 55.4 Å². The molecular formula is C19H17Cl2NO3. The Kier molecular flexibility index (Phi) is 5.02. The van der Waals surface area contributed by atoms with Crippen LogP contribution in [0.5, 0.6) is 0 Å². The van der Waals surface area contributed by atoms with E-state index in [1.807, 2.05) is 12.1 Å². The van der Waals surface area contributed by atoms with Gasteiger partial charge in [-0.1, -0.05) is 35.3 Å². The molecule has 0 unspecified atom stereocenters. The number of ether oxygens (including phenoxy) is 1. The smallest absolute Gasteiger partial charge is 0.316 e. The summed E-state index contributed by atoms with van der Waals surface area (Å²) in [5.74, 6) is -0.499. The van der Waals surface area contributed by atoms with Crippen LogP contribution in [0.3, 0.4) is 0 Å². The van der Waals surface area contributed by atoms with Crippen molar-refractivity contribution in [2.24, 2.45) is 0 Å². The molecule has 0 bridgehead atoms. The first-order valence-electron chi connectivity index (χ1n) is 8.00. The van der Waals surface area contributed by atoms with Crippen molar-refractivity contribution in [3.05, 3.63) is 63.6 Å². The van der Waals surface area contributed by atoms with Crippen molar-refractivity contribution in [1.82, 2.24) is 0 Å². The number of nitrogens with one attached hydrogen (secondary N) is 1. The molecule has 2 aromatic rings. The van der Waals surface area contributed by atoms with Gasteiger partial charge in [-0.25, -0.2) is 0 Å². The summed E-state index contributed by atoms with van der Waals surface area (Å²) in [5.41, 5.74) is 1.37. The molecule has 1 saturated carbocycles. The second kappa shape index (κ2) is 7.06. The lowest BCUT2D eigenvalue weighted by Gasteiger charge is -2.15. The molecule has 1 aliphatic rings. The van der Waals surface area contributed by atoms with Crippen LogP contribution in [-0.4, -0.2) is 18.5 Å². The van der Waals surface area contributed by atoms with Gasteiger partial charge in [0.05, 0.1) is 22.6 Å². The van der Waals surface area contributed by atoms with Gasteiger partial charge in [-0.2, -0.15) is 0 Å². The summed E-state index contributed by atoms with van der Waals surface area (Å²) < 4.78 is 5.16. The Bertz CT molecular complexity index is 814. The molecule has 1 amide bonds.